The fraction of sp³-hybridized carbons (Fsp3) is 0.273. The van der Waals surface area contributed by atoms with Gasteiger partial charge in [0.15, 0.2) is 6.10 Å². The topological polar surface area (TPSA) is 117 Å². The van der Waals surface area contributed by atoms with E-state index in [1.165, 1.54) is 11.6 Å². The first-order valence-corrected chi connectivity index (χ1v) is 12.3. The molecule has 2 amide bonds. The first-order valence-electron chi connectivity index (χ1n) is 9.88. The Hall–Kier alpha value is -1.92. The van der Waals surface area contributed by atoms with Crippen LogP contribution in [0.4, 0.5) is 10.5 Å². The SMILES string of the molecule is CCO[C@@H](CC/C=C/C(=O)NO)[C@@H](OC(=O)Nc1ccc(Br)cc1)c1cc(Br)cc(Br)c1O. The molecule has 0 aliphatic heterocycles. The van der Waals surface area contributed by atoms with Gasteiger partial charge in [-0.05, 0) is 72.1 Å². The predicted octanol–water partition coefficient (Wildman–Crippen LogP) is 6.22. The molecule has 2 rings (SSSR count). The van der Waals surface area contributed by atoms with Crippen molar-refractivity contribution in [1.29, 1.82) is 0 Å². The number of halogens is 3. The first kappa shape index (κ1) is 27.3. The number of benzene rings is 2. The minimum Gasteiger partial charge on any atom is -0.506 e. The van der Waals surface area contributed by atoms with Gasteiger partial charge < -0.3 is 14.6 Å². The fourth-order valence-corrected chi connectivity index (χ4v) is 4.49. The molecule has 0 aliphatic carbocycles. The van der Waals surface area contributed by atoms with E-state index >= 15 is 0 Å². The Morgan fingerprint density at radius 2 is 1.82 bits per heavy atom. The van der Waals surface area contributed by atoms with Crippen molar-refractivity contribution in [2.24, 2.45) is 0 Å². The molecule has 0 saturated heterocycles. The molecule has 2 atom stereocenters. The van der Waals surface area contributed by atoms with Crippen molar-refractivity contribution in [3.8, 4) is 5.75 Å². The Morgan fingerprint density at radius 3 is 2.45 bits per heavy atom. The number of phenolic OH excluding ortho intramolecular Hbond substituents is 1. The molecule has 0 fully saturated rings. The lowest BCUT2D eigenvalue weighted by Crippen LogP contribution is -2.29. The number of anilines is 1. The highest BCUT2D eigenvalue weighted by atomic mass is 79.9. The molecule has 0 radical (unpaired) electrons. The predicted molar refractivity (Wildman–Crippen MR) is 134 cm³/mol. The summed E-state index contributed by atoms with van der Waals surface area (Å²) in [7, 11) is 0. The van der Waals surface area contributed by atoms with Crippen LogP contribution in [0.1, 0.15) is 31.4 Å². The molecule has 0 aliphatic rings. The third-order valence-corrected chi connectivity index (χ3v) is 6.00. The van der Waals surface area contributed by atoms with E-state index in [1.54, 1.807) is 49.4 Å². The number of ether oxygens (including phenoxy) is 2. The van der Waals surface area contributed by atoms with Crippen molar-refractivity contribution in [1.82, 2.24) is 5.48 Å². The zero-order chi connectivity index (χ0) is 24.4. The molecule has 0 bridgehead atoms. The monoisotopic (exact) mass is 648 g/mol. The molecule has 11 heteroatoms. The fourth-order valence-electron chi connectivity index (χ4n) is 2.96. The summed E-state index contributed by atoms with van der Waals surface area (Å²) in [5, 5.41) is 22.0. The molecule has 0 aromatic heterocycles. The van der Waals surface area contributed by atoms with Crippen LogP contribution in [0.25, 0.3) is 0 Å². The number of rotatable bonds is 10. The maximum absolute atomic E-state index is 12.7. The van der Waals surface area contributed by atoms with Gasteiger partial charge in [0.2, 0.25) is 0 Å². The van der Waals surface area contributed by atoms with Gasteiger partial charge in [0.1, 0.15) is 5.75 Å². The molecule has 178 valence electrons. The smallest absolute Gasteiger partial charge is 0.412 e. The lowest BCUT2D eigenvalue weighted by Gasteiger charge is -2.28. The van der Waals surface area contributed by atoms with Crippen LogP contribution >= 0.6 is 47.8 Å². The molecular formula is C22H23Br3N2O6. The van der Waals surface area contributed by atoms with Gasteiger partial charge in [-0.25, -0.2) is 10.3 Å². The first-order chi connectivity index (χ1) is 15.7. The van der Waals surface area contributed by atoms with E-state index in [2.05, 4.69) is 53.1 Å². The second kappa shape index (κ2) is 13.7. The van der Waals surface area contributed by atoms with E-state index in [0.29, 0.717) is 39.6 Å². The zero-order valence-corrected chi connectivity index (χ0v) is 22.3. The summed E-state index contributed by atoms with van der Waals surface area (Å²) in [6, 6.07) is 10.3. The van der Waals surface area contributed by atoms with E-state index in [1.807, 2.05) is 0 Å². The van der Waals surface area contributed by atoms with Gasteiger partial charge in [-0.1, -0.05) is 37.9 Å². The summed E-state index contributed by atoms with van der Waals surface area (Å²) >= 11 is 10.0. The Balaban J connectivity index is 2.31. The molecule has 0 saturated carbocycles. The van der Waals surface area contributed by atoms with E-state index < -0.39 is 24.2 Å². The number of carbonyl (C=O) groups is 2. The molecule has 0 heterocycles. The number of hydrogen-bond acceptors (Lipinski definition) is 6. The average molecular weight is 651 g/mol. The third kappa shape index (κ3) is 8.74. The van der Waals surface area contributed by atoms with Crippen LogP contribution in [-0.2, 0) is 14.3 Å². The number of aromatic hydroxyl groups is 1. The number of carbonyl (C=O) groups excluding carboxylic acids is 2. The normalized spacial score (nSPS) is 12.9. The van der Waals surface area contributed by atoms with Gasteiger partial charge in [-0.2, -0.15) is 0 Å². The van der Waals surface area contributed by atoms with Crippen molar-refractivity contribution in [2.45, 2.75) is 32.0 Å². The van der Waals surface area contributed by atoms with Crippen molar-refractivity contribution < 1.29 is 29.4 Å². The molecule has 2 aromatic carbocycles. The Kier molecular flexibility index (Phi) is 11.3. The van der Waals surface area contributed by atoms with E-state index in [4.69, 9.17) is 14.7 Å². The van der Waals surface area contributed by atoms with Gasteiger partial charge in [-0.15, -0.1) is 0 Å². The van der Waals surface area contributed by atoms with Crippen LogP contribution in [0.15, 0.2) is 62.0 Å². The van der Waals surface area contributed by atoms with E-state index in [9.17, 15) is 14.7 Å². The molecule has 2 aromatic rings. The van der Waals surface area contributed by atoms with Gasteiger partial charge in [0.05, 0.1) is 10.6 Å². The number of phenols is 1. The Labute approximate surface area is 216 Å². The van der Waals surface area contributed by atoms with Gasteiger partial charge >= 0.3 is 6.09 Å². The lowest BCUT2D eigenvalue weighted by atomic mass is 9.99. The minimum atomic E-state index is -0.964. The summed E-state index contributed by atoms with van der Waals surface area (Å²) in [5.74, 6) is -0.738. The van der Waals surface area contributed by atoms with Crippen molar-refractivity contribution >= 4 is 65.5 Å². The van der Waals surface area contributed by atoms with Crippen LogP contribution in [-0.4, -0.2) is 35.0 Å². The highest BCUT2D eigenvalue weighted by Gasteiger charge is 2.31. The van der Waals surface area contributed by atoms with E-state index in [0.717, 1.165) is 4.47 Å². The maximum atomic E-state index is 12.7. The number of amides is 2. The summed E-state index contributed by atoms with van der Waals surface area (Å²) in [4.78, 5) is 23.9. The van der Waals surface area contributed by atoms with Crippen LogP contribution in [0.2, 0.25) is 0 Å². The van der Waals surface area contributed by atoms with Gasteiger partial charge in [0, 0.05) is 32.9 Å². The second-order valence-corrected chi connectivity index (χ2v) is 9.42. The quantitative estimate of drug-likeness (QED) is 0.138. The van der Waals surface area contributed by atoms with Crippen molar-refractivity contribution in [3.63, 3.8) is 0 Å². The number of nitrogens with one attached hydrogen (secondary N) is 2. The van der Waals surface area contributed by atoms with Crippen molar-refractivity contribution in [2.75, 3.05) is 11.9 Å². The number of hydrogen-bond donors (Lipinski definition) is 4. The Morgan fingerprint density at radius 1 is 1.12 bits per heavy atom. The highest BCUT2D eigenvalue weighted by Crippen LogP contribution is 2.39. The zero-order valence-electron chi connectivity index (χ0n) is 17.6. The molecule has 33 heavy (non-hydrogen) atoms. The second-order valence-electron chi connectivity index (χ2n) is 6.73. The summed E-state index contributed by atoms with van der Waals surface area (Å²) < 4.78 is 13.5. The van der Waals surface area contributed by atoms with Gasteiger partial charge in [0.25, 0.3) is 5.91 Å². The Bertz CT molecular complexity index is 985. The molecule has 4 N–H and O–H groups in total. The van der Waals surface area contributed by atoms with Gasteiger partial charge in [-0.3, -0.25) is 15.3 Å². The number of hydroxylamine groups is 1. The van der Waals surface area contributed by atoms with Crippen LogP contribution in [0.5, 0.6) is 5.75 Å². The third-order valence-electron chi connectivity index (χ3n) is 4.40. The molecule has 0 unspecified atom stereocenters. The molecule has 0 spiro atoms. The van der Waals surface area contributed by atoms with Crippen LogP contribution in [0, 0.1) is 0 Å². The van der Waals surface area contributed by atoms with Crippen LogP contribution in [0.3, 0.4) is 0 Å². The van der Waals surface area contributed by atoms with Crippen LogP contribution < -0.4 is 10.8 Å². The lowest BCUT2D eigenvalue weighted by molar-refractivity contribution is -0.124. The number of allylic oxidation sites excluding steroid dienone is 1. The summed E-state index contributed by atoms with van der Waals surface area (Å²) in [6.07, 6.45) is 1.18. The highest BCUT2D eigenvalue weighted by molar-refractivity contribution is 9.11. The largest absolute Gasteiger partial charge is 0.506 e. The minimum absolute atomic E-state index is 0.0838. The summed E-state index contributed by atoms with van der Waals surface area (Å²) in [6.45, 7) is 2.13. The summed E-state index contributed by atoms with van der Waals surface area (Å²) in [5.41, 5.74) is 2.40. The molecular weight excluding hydrogens is 628 g/mol. The van der Waals surface area contributed by atoms with E-state index in [-0.39, 0.29) is 5.75 Å². The molecule has 8 nitrogen and oxygen atoms in total. The standard InChI is InChI=1S/C22H23Br3N2O6/c1-2-32-18(5-3-4-6-19(28)27-31)21(16-11-14(24)12-17(25)20(16)29)33-22(30)26-15-9-7-13(23)8-10-15/h4,6-12,18,21,29,31H,2-3,5H2,1H3,(H,26,30)(H,27,28)/b6-4+/t18-,21-/m0/s1. The van der Waals surface area contributed by atoms with Crippen molar-refractivity contribution in [3.05, 3.63) is 67.5 Å². The average Bonchev–Trinajstić information content (AvgIpc) is 2.78. The maximum Gasteiger partial charge on any atom is 0.412 e.